The lowest BCUT2D eigenvalue weighted by atomic mass is 9.81. The van der Waals surface area contributed by atoms with Gasteiger partial charge in [0.15, 0.2) is 11.4 Å². The molecule has 10 aromatic rings. The Labute approximate surface area is 269 Å². The molecule has 0 radical (unpaired) electrons. The standard InChI is InChI=1S/C43H27N3O/c1-43(2)32-17-9-6-14-27(32)30-22-25-20-21-26-23-31-28-15-8-11-19-34(28)47-40(31)39-36(26)35(25)38(37(30)43)46(39)42-29-16-7-10-18-33(29)44-41(45-42)24-12-4-3-5-13-24/h3-23H,1-2H3. The Morgan fingerprint density at radius 3 is 2.17 bits per heavy atom. The molecule has 0 N–H and O–H groups in total. The molecule has 1 aliphatic carbocycles. The summed E-state index contributed by atoms with van der Waals surface area (Å²) in [7, 11) is 0. The Morgan fingerprint density at radius 2 is 1.30 bits per heavy atom. The molecule has 220 valence electrons. The van der Waals surface area contributed by atoms with Gasteiger partial charge in [0, 0.05) is 37.9 Å². The van der Waals surface area contributed by atoms with E-state index in [9.17, 15) is 0 Å². The Kier molecular flexibility index (Phi) is 4.63. The van der Waals surface area contributed by atoms with Gasteiger partial charge in [-0.15, -0.1) is 0 Å². The van der Waals surface area contributed by atoms with Gasteiger partial charge in [-0.2, -0.15) is 0 Å². The lowest BCUT2D eigenvalue weighted by Crippen LogP contribution is -2.17. The van der Waals surface area contributed by atoms with Gasteiger partial charge in [0.25, 0.3) is 0 Å². The second kappa shape index (κ2) is 8.62. The van der Waals surface area contributed by atoms with Crippen LogP contribution in [-0.4, -0.2) is 14.5 Å². The van der Waals surface area contributed by atoms with Crippen LogP contribution in [0.15, 0.2) is 132 Å². The molecule has 0 unspecified atom stereocenters. The third-order valence-electron chi connectivity index (χ3n) is 10.5. The van der Waals surface area contributed by atoms with E-state index < -0.39 is 0 Å². The maximum Gasteiger partial charge on any atom is 0.162 e. The summed E-state index contributed by atoms with van der Waals surface area (Å²) in [5.41, 5.74) is 10.9. The predicted molar refractivity (Wildman–Crippen MR) is 193 cm³/mol. The third-order valence-corrected chi connectivity index (χ3v) is 10.5. The molecule has 0 saturated heterocycles. The predicted octanol–water partition coefficient (Wildman–Crippen LogP) is 11.2. The van der Waals surface area contributed by atoms with Gasteiger partial charge in [0.2, 0.25) is 0 Å². The number of furan rings is 1. The van der Waals surface area contributed by atoms with E-state index in [0.717, 1.165) is 49.7 Å². The van der Waals surface area contributed by atoms with Crippen LogP contribution in [-0.2, 0) is 5.41 Å². The molecule has 4 heteroatoms. The van der Waals surface area contributed by atoms with Crippen LogP contribution in [0.2, 0.25) is 0 Å². The van der Waals surface area contributed by atoms with E-state index in [0.29, 0.717) is 5.82 Å². The zero-order valence-corrected chi connectivity index (χ0v) is 25.9. The van der Waals surface area contributed by atoms with Crippen LogP contribution in [0.25, 0.3) is 93.8 Å². The van der Waals surface area contributed by atoms with E-state index in [1.807, 2.05) is 24.3 Å². The largest absolute Gasteiger partial charge is 0.454 e. The van der Waals surface area contributed by atoms with Gasteiger partial charge >= 0.3 is 0 Å². The first-order valence-corrected chi connectivity index (χ1v) is 16.2. The lowest BCUT2D eigenvalue weighted by Gasteiger charge is -2.24. The van der Waals surface area contributed by atoms with Gasteiger partial charge < -0.3 is 4.42 Å². The molecule has 0 atom stereocenters. The fourth-order valence-electron chi connectivity index (χ4n) is 8.47. The third kappa shape index (κ3) is 3.12. The number of benzene rings is 7. The molecule has 0 aliphatic heterocycles. The van der Waals surface area contributed by atoms with Gasteiger partial charge in [-0.05, 0) is 63.4 Å². The van der Waals surface area contributed by atoms with E-state index >= 15 is 0 Å². The number of hydrogen-bond acceptors (Lipinski definition) is 3. The number of rotatable bonds is 2. The van der Waals surface area contributed by atoms with Crippen molar-refractivity contribution in [3.63, 3.8) is 0 Å². The van der Waals surface area contributed by atoms with Gasteiger partial charge in [-0.25, -0.2) is 9.97 Å². The number of hydrogen-bond donors (Lipinski definition) is 0. The Hall–Kier alpha value is -6.00. The van der Waals surface area contributed by atoms with Crippen molar-refractivity contribution in [2.24, 2.45) is 0 Å². The van der Waals surface area contributed by atoms with Crippen LogP contribution < -0.4 is 0 Å². The molecule has 0 amide bonds. The van der Waals surface area contributed by atoms with Gasteiger partial charge in [0.05, 0.1) is 16.6 Å². The van der Waals surface area contributed by atoms with Gasteiger partial charge in [-0.1, -0.05) is 111 Å². The van der Waals surface area contributed by atoms with E-state index in [2.05, 4.69) is 122 Å². The summed E-state index contributed by atoms with van der Waals surface area (Å²) < 4.78 is 9.28. The summed E-state index contributed by atoms with van der Waals surface area (Å²) in [6.07, 6.45) is 0. The van der Waals surface area contributed by atoms with Crippen LogP contribution in [0.4, 0.5) is 0 Å². The smallest absolute Gasteiger partial charge is 0.162 e. The molecule has 3 heterocycles. The molecule has 11 rings (SSSR count). The minimum atomic E-state index is -0.240. The summed E-state index contributed by atoms with van der Waals surface area (Å²) >= 11 is 0. The highest BCUT2D eigenvalue weighted by molar-refractivity contribution is 6.33. The molecule has 1 aliphatic rings. The zero-order chi connectivity index (χ0) is 31.0. The summed E-state index contributed by atoms with van der Waals surface area (Å²) in [5.74, 6) is 1.57. The quantitative estimate of drug-likeness (QED) is 0.185. The molecule has 7 aromatic carbocycles. The number of para-hydroxylation sites is 2. The molecule has 0 fully saturated rings. The molecular formula is C43H27N3O. The Bertz CT molecular complexity index is 2930. The number of fused-ring (bicyclic) bond motifs is 9. The first-order valence-electron chi connectivity index (χ1n) is 16.2. The second-order valence-electron chi connectivity index (χ2n) is 13.4. The summed E-state index contributed by atoms with van der Waals surface area (Å²) in [5, 5.41) is 8.12. The van der Waals surface area contributed by atoms with Crippen molar-refractivity contribution in [3.05, 3.63) is 139 Å². The number of nitrogens with zero attached hydrogens (tertiary/aromatic N) is 3. The molecule has 0 saturated carbocycles. The highest BCUT2D eigenvalue weighted by Crippen LogP contribution is 2.56. The highest BCUT2D eigenvalue weighted by Gasteiger charge is 2.40. The van der Waals surface area contributed by atoms with Crippen molar-refractivity contribution in [2.45, 2.75) is 19.3 Å². The van der Waals surface area contributed by atoms with Crippen LogP contribution in [0, 0.1) is 0 Å². The van der Waals surface area contributed by atoms with Crippen LogP contribution in [0.5, 0.6) is 0 Å². The molecule has 3 aromatic heterocycles. The van der Waals surface area contributed by atoms with Gasteiger partial charge in [-0.3, -0.25) is 4.57 Å². The number of aromatic nitrogens is 3. The SMILES string of the molecule is CC1(C)c2ccccc2-c2cc3ccc4cc5c6ccccc6oc5c5c4c3c(c21)n5-c1nc(-c2ccccc2)nc2ccccc12. The molecular weight excluding hydrogens is 574 g/mol. The second-order valence-corrected chi connectivity index (χ2v) is 13.4. The topological polar surface area (TPSA) is 43.9 Å². The first-order chi connectivity index (χ1) is 23.1. The monoisotopic (exact) mass is 601 g/mol. The fourth-order valence-corrected chi connectivity index (χ4v) is 8.47. The van der Waals surface area contributed by atoms with Crippen molar-refractivity contribution in [3.8, 4) is 28.3 Å². The highest BCUT2D eigenvalue weighted by atomic mass is 16.3. The zero-order valence-electron chi connectivity index (χ0n) is 25.9. The minimum Gasteiger partial charge on any atom is -0.454 e. The summed E-state index contributed by atoms with van der Waals surface area (Å²) in [6.45, 7) is 4.73. The average molecular weight is 602 g/mol. The Balaban J connectivity index is 1.44. The fraction of sp³-hybridized carbons (Fsp3) is 0.0698. The average Bonchev–Trinajstić information content (AvgIpc) is 3.73. The normalized spacial score (nSPS) is 13.9. The summed E-state index contributed by atoms with van der Waals surface area (Å²) in [6, 6.07) is 45.2. The van der Waals surface area contributed by atoms with Gasteiger partial charge in [0.1, 0.15) is 11.4 Å². The first kappa shape index (κ1) is 25.2. The minimum absolute atomic E-state index is 0.240. The van der Waals surface area contributed by atoms with Crippen LogP contribution in [0.3, 0.4) is 0 Å². The molecule has 0 spiro atoms. The van der Waals surface area contributed by atoms with Crippen molar-refractivity contribution in [2.75, 3.05) is 0 Å². The molecule has 4 nitrogen and oxygen atoms in total. The van der Waals surface area contributed by atoms with Crippen molar-refractivity contribution >= 4 is 65.4 Å². The van der Waals surface area contributed by atoms with E-state index in [1.165, 1.54) is 49.3 Å². The van der Waals surface area contributed by atoms with Crippen LogP contribution in [0.1, 0.15) is 25.0 Å². The maximum atomic E-state index is 6.85. The van der Waals surface area contributed by atoms with E-state index in [4.69, 9.17) is 14.4 Å². The molecule has 47 heavy (non-hydrogen) atoms. The van der Waals surface area contributed by atoms with Crippen LogP contribution >= 0.6 is 0 Å². The summed E-state index contributed by atoms with van der Waals surface area (Å²) in [4.78, 5) is 10.6. The van der Waals surface area contributed by atoms with Crippen molar-refractivity contribution in [1.82, 2.24) is 14.5 Å². The Morgan fingerprint density at radius 1 is 0.596 bits per heavy atom. The lowest BCUT2D eigenvalue weighted by molar-refractivity contribution is 0.662. The van der Waals surface area contributed by atoms with E-state index in [-0.39, 0.29) is 5.41 Å². The van der Waals surface area contributed by atoms with Crippen molar-refractivity contribution in [1.29, 1.82) is 0 Å². The van der Waals surface area contributed by atoms with E-state index in [1.54, 1.807) is 0 Å². The van der Waals surface area contributed by atoms with Crippen molar-refractivity contribution < 1.29 is 4.42 Å². The maximum absolute atomic E-state index is 6.85. The molecule has 0 bridgehead atoms.